The molecule has 29 heavy (non-hydrogen) atoms. The predicted molar refractivity (Wildman–Crippen MR) is 109 cm³/mol. The topological polar surface area (TPSA) is 79.7 Å². The Bertz CT molecular complexity index is 833. The van der Waals surface area contributed by atoms with Gasteiger partial charge in [-0.15, -0.1) is 0 Å². The van der Waals surface area contributed by atoms with Gasteiger partial charge in [-0.3, -0.25) is 19.3 Å². The first-order chi connectivity index (χ1) is 13.7. The number of carbonyl (C=O) groups is 4. The fourth-order valence-corrected chi connectivity index (χ4v) is 4.37. The second kappa shape index (κ2) is 8.51. The molecular formula is C22H31N3O4. The molecule has 0 radical (unpaired) electrons. The van der Waals surface area contributed by atoms with Crippen LogP contribution in [0.3, 0.4) is 0 Å². The van der Waals surface area contributed by atoms with Crippen LogP contribution < -0.4 is 0 Å². The molecule has 7 heteroatoms. The number of Topliss-reactive ketones (excluding diaryl/α,β-unsaturated/α-hetero) is 1. The van der Waals surface area contributed by atoms with Crippen LogP contribution in [0.2, 0.25) is 0 Å². The molecule has 0 N–H and O–H groups in total. The van der Waals surface area contributed by atoms with E-state index < -0.39 is 17.8 Å². The quantitative estimate of drug-likeness (QED) is 0.398. The van der Waals surface area contributed by atoms with Gasteiger partial charge in [0.1, 0.15) is 0 Å². The zero-order valence-corrected chi connectivity index (χ0v) is 17.9. The van der Waals surface area contributed by atoms with E-state index in [9.17, 15) is 19.2 Å². The lowest BCUT2D eigenvalue weighted by Gasteiger charge is -2.28. The van der Waals surface area contributed by atoms with Gasteiger partial charge < -0.3 is 4.57 Å². The minimum atomic E-state index is -0.887. The summed E-state index contributed by atoms with van der Waals surface area (Å²) in [5, 5.41) is 0. The minimum absolute atomic E-state index is 0.228. The molecule has 2 fully saturated rings. The monoisotopic (exact) mass is 401 g/mol. The Labute approximate surface area is 172 Å². The van der Waals surface area contributed by atoms with Crippen molar-refractivity contribution >= 4 is 23.6 Å². The Morgan fingerprint density at radius 3 is 2.34 bits per heavy atom. The van der Waals surface area contributed by atoms with Crippen molar-refractivity contribution < 1.29 is 19.2 Å². The third-order valence-electron chi connectivity index (χ3n) is 6.13. The summed E-state index contributed by atoms with van der Waals surface area (Å²) in [6, 6.07) is 0.937. The van der Waals surface area contributed by atoms with Crippen LogP contribution in [0.4, 0.5) is 4.79 Å². The number of urea groups is 1. The first-order valence-corrected chi connectivity index (χ1v) is 10.6. The number of hydrogen-bond acceptors (Lipinski definition) is 4. The maximum Gasteiger partial charge on any atom is 0.334 e. The summed E-state index contributed by atoms with van der Waals surface area (Å²) in [6.45, 7) is 8.57. The number of carbonyl (C=O) groups excluding carboxylic acids is 4. The van der Waals surface area contributed by atoms with Crippen LogP contribution in [0.1, 0.15) is 74.1 Å². The van der Waals surface area contributed by atoms with Crippen LogP contribution in [-0.4, -0.2) is 50.6 Å². The third kappa shape index (κ3) is 4.14. The molecule has 0 unspecified atom stereocenters. The van der Waals surface area contributed by atoms with E-state index in [-0.39, 0.29) is 18.4 Å². The Morgan fingerprint density at radius 1 is 1.07 bits per heavy atom. The van der Waals surface area contributed by atoms with Crippen molar-refractivity contribution in [3.05, 3.63) is 23.0 Å². The van der Waals surface area contributed by atoms with Gasteiger partial charge in [0.15, 0.2) is 5.78 Å². The van der Waals surface area contributed by atoms with E-state index in [1.165, 1.54) is 0 Å². The van der Waals surface area contributed by atoms with Gasteiger partial charge in [-0.2, -0.15) is 0 Å². The number of imide groups is 2. The second-order valence-corrected chi connectivity index (χ2v) is 8.68. The molecule has 0 atom stereocenters. The molecule has 0 aromatic carbocycles. The number of amides is 4. The summed E-state index contributed by atoms with van der Waals surface area (Å²) >= 11 is 0. The number of aryl methyl sites for hydroxylation is 1. The highest BCUT2D eigenvalue weighted by atomic mass is 16.2. The van der Waals surface area contributed by atoms with E-state index in [4.69, 9.17) is 0 Å². The molecule has 1 saturated heterocycles. The van der Waals surface area contributed by atoms with Gasteiger partial charge in [-0.05, 0) is 45.1 Å². The summed E-state index contributed by atoms with van der Waals surface area (Å²) in [5.74, 6) is -1.44. The van der Waals surface area contributed by atoms with Crippen molar-refractivity contribution in [2.24, 2.45) is 5.92 Å². The molecule has 1 aliphatic heterocycles. The molecule has 1 saturated carbocycles. The van der Waals surface area contributed by atoms with E-state index in [1.54, 1.807) is 0 Å². The van der Waals surface area contributed by atoms with Crippen LogP contribution >= 0.6 is 0 Å². The second-order valence-electron chi connectivity index (χ2n) is 8.68. The van der Waals surface area contributed by atoms with Crippen molar-refractivity contribution in [2.45, 2.75) is 78.8 Å². The van der Waals surface area contributed by atoms with E-state index in [1.807, 2.05) is 19.9 Å². The summed E-state index contributed by atoms with van der Waals surface area (Å²) in [6.07, 6.45) is 5.41. The van der Waals surface area contributed by atoms with Gasteiger partial charge in [0.05, 0.1) is 6.54 Å². The highest BCUT2D eigenvalue weighted by molar-refractivity contribution is 6.45. The lowest BCUT2D eigenvalue weighted by Crippen LogP contribution is -2.43. The zero-order valence-electron chi connectivity index (χ0n) is 17.9. The van der Waals surface area contributed by atoms with E-state index in [0.717, 1.165) is 66.3 Å². The summed E-state index contributed by atoms with van der Waals surface area (Å²) < 4.78 is 2.10. The highest BCUT2D eigenvalue weighted by Crippen LogP contribution is 2.27. The Balaban J connectivity index is 1.75. The Kier molecular flexibility index (Phi) is 6.24. The SMILES string of the molecule is Cc1cc(C(=O)CN2C(=O)C(=O)N(C3CCCCC3)C2=O)c(C)n1CCC(C)C. The summed E-state index contributed by atoms with van der Waals surface area (Å²) in [4.78, 5) is 52.4. The van der Waals surface area contributed by atoms with Crippen molar-refractivity contribution in [3.63, 3.8) is 0 Å². The van der Waals surface area contributed by atoms with Gasteiger partial charge in [-0.1, -0.05) is 33.1 Å². The molecule has 2 aliphatic rings. The molecule has 1 aromatic heterocycles. The van der Waals surface area contributed by atoms with Crippen molar-refractivity contribution in [1.82, 2.24) is 14.4 Å². The molecule has 7 nitrogen and oxygen atoms in total. The van der Waals surface area contributed by atoms with Crippen molar-refractivity contribution in [1.29, 1.82) is 0 Å². The first-order valence-electron chi connectivity index (χ1n) is 10.6. The van der Waals surface area contributed by atoms with Crippen LogP contribution in [0.5, 0.6) is 0 Å². The van der Waals surface area contributed by atoms with Crippen LogP contribution in [0, 0.1) is 19.8 Å². The highest BCUT2D eigenvalue weighted by Gasteiger charge is 2.48. The van der Waals surface area contributed by atoms with E-state index in [0.29, 0.717) is 11.5 Å². The Hall–Kier alpha value is -2.44. The maximum atomic E-state index is 12.9. The fourth-order valence-electron chi connectivity index (χ4n) is 4.37. The molecule has 3 rings (SSSR count). The summed E-state index contributed by atoms with van der Waals surface area (Å²) in [7, 11) is 0. The first kappa shape index (κ1) is 21.3. The minimum Gasteiger partial charge on any atom is -0.348 e. The van der Waals surface area contributed by atoms with Crippen LogP contribution in [0.15, 0.2) is 6.07 Å². The lowest BCUT2D eigenvalue weighted by molar-refractivity contribution is -0.144. The normalized spacial score (nSPS) is 18.4. The van der Waals surface area contributed by atoms with Gasteiger partial charge in [0, 0.05) is 29.5 Å². The smallest absolute Gasteiger partial charge is 0.334 e. The van der Waals surface area contributed by atoms with Crippen LogP contribution in [-0.2, 0) is 16.1 Å². The van der Waals surface area contributed by atoms with Gasteiger partial charge in [-0.25, -0.2) is 9.69 Å². The molecule has 2 heterocycles. The van der Waals surface area contributed by atoms with Gasteiger partial charge in [0.25, 0.3) is 0 Å². The molecule has 1 aliphatic carbocycles. The zero-order chi connectivity index (χ0) is 21.3. The third-order valence-corrected chi connectivity index (χ3v) is 6.13. The molecule has 1 aromatic rings. The standard InChI is InChI=1S/C22H31N3O4/c1-14(2)10-11-23-15(3)12-18(16(23)4)19(26)13-24-20(27)21(28)25(22(24)29)17-8-6-5-7-9-17/h12,14,17H,5-11,13H2,1-4H3. The van der Waals surface area contributed by atoms with E-state index >= 15 is 0 Å². The fraction of sp³-hybridized carbons (Fsp3) is 0.636. The molecule has 158 valence electrons. The summed E-state index contributed by atoms with van der Waals surface area (Å²) in [5.41, 5.74) is 2.32. The van der Waals surface area contributed by atoms with Crippen LogP contribution in [0.25, 0.3) is 0 Å². The average molecular weight is 402 g/mol. The predicted octanol–water partition coefficient (Wildman–Crippen LogP) is 3.46. The number of rotatable bonds is 7. The molecule has 4 amide bonds. The van der Waals surface area contributed by atoms with Gasteiger partial charge >= 0.3 is 17.8 Å². The molecule has 0 spiro atoms. The van der Waals surface area contributed by atoms with Crippen molar-refractivity contribution in [3.8, 4) is 0 Å². The number of ketones is 1. The number of aromatic nitrogens is 1. The van der Waals surface area contributed by atoms with Crippen molar-refractivity contribution in [2.75, 3.05) is 6.54 Å². The molecular weight excluding hydrogens is 370 g/mol. The molecule has 0 bridgehead atoms. The average Bonchev–Trinajstić information content (AvgIpc) is 3.08. The van der Waals surface area contributed by atoms with Gasteiger partial charge in [0.2, 0.25) is 0 Å². The lowest BCUT2D eigenvalue weighted by atomic mass is 9.94. The number of nitrogens with zero attached hydrogens (tertiary/aromatic N) is 3. The maximum absolute atomic E-state index is 12.9. The largest absolute Gasteiger partial charge is 0.348 e. The number of hydrogen-bond donors (Lipinski definition) is 0. The van der Waals surface area contributed by atoms with E-state index in [2.05, 4.69) is 18.4 Å². The Morgan fingerprint density at radius 2 is 1.72 bits per heavy atom.